The van der Waals surface area contributed by atoms with Crippen molar-refractivity contribution in [1.29, 1.82) is 0 Å². The van der Waals surface area contributed by atoms with Crippen molar-refractivity contribution in [3.63, 3.8) is 0 Å². The lowest BCUT2D eigenvalue weighted by Gasteiger charge is -2.18. The lowest BCUT2D eigenvalue weighted by Crippen LogP contribution is -2.25. The summed E-state index contributed by atoms with van der Waals surface area (Å²) in [6, 6.07) is 15.7. The maximum absolute atomic E-state index is 12.7. The molecule has 2 heterocycles. The van der Waals surface area contributed by atoms with Gasteiger partial charge in [-0.05, 0) is 49.7 Å². The van der Waals surface area contributed by atoms with Crippen LogP contribution in [0.3, 0.4) is 0 Å². The molecule has 0 unspecified atom stereocenters. The number of aryl methyl sites for hydroxylation is 1. The van der Waals surface area contributed by atoms with Crippen molar-refractivity contribution < 1.29 is 28.6 Å². The zero-order chi connectivity index (χ0) is 23.4. The van der Waals surface area contributed by atoms with Gasteiger partial charge >= 0.3 is 5.97 Å². The summed E-state index contributed by atoms with van der Waals surface area (Å²) < 4.78 is 17.7. The fourth-order valence-electron chi connectivity index (χ4n) is 3.61. The average molecular weight is 448 g/mol. The third-order valence-electron chi connectivity index (χ3n) is 5.30. The molecule has 2 aromatic carbocycles. The molecule has 1 aliphatic rings. The summed E-state index contributed by atoms with van der Waals surface area (Å²) >= 11 is 0. The van der Waals surface area contributed by atoms with E-state index in [1.165, 1.54) is 0 Å². The number of aromatic nitrogens is 1. The fraction of sp³-hybridized carbons (Fsp3) is 0.240. The highest BCUT2D eigenvalue weighted by molar-refractivity contribution is 6.01. The van der Waals surface area contributed by atoms with Gasteiger partial charge in [-0.15, -0.1) is 0 Å². The lowest BCUT2D eigenvalue weighted by atomic mass is 10.1. The van der Waals surface area contributed by atoms with Gasteiger partial charge in [0.25, 0.3) is 5.91 Å². The number of carbonyl (C=O) groups is 3. The van der Waals surface area contributed by atoms with Crippen molar-refractivity contribution in [1.82, 2.24) is 4.68 Å². The quantitative estimate of drug-likeness (QED) is 0.440. The number of carbonyl (C=O) groups excluding carboxylic acids is 3. The van der Waals surface area contributed by atoms with E-state index in [4.69, 9.17) is 14.2 Å². The average Bonchev–Trinajstić information content (AvgIpc) is 3.11. The van der Waals surface area contributed by atoms with Gasteiger partial charge in [-0.3, -0.25) is 24.5 Å². The van der Waals surface area contributed by atoms with Crippen LogP contribution in [0, 0.1) is 13.8 Å². The van der Waals surface area contributed by atoms with Crippen LogP contribution in [0.1, 0.15) is 37.7 Å². The first-order valence-corrected chi connectivity index (χ1v) is 10.5. The van der Waals surface area contributed by atoms with Crippen LogP contribution >= 0.6 is 0 Å². The van der Waals surface area contributed by atoms with Crippen LogP contribution in [-0.2, 0) is 16.0 Å². The predicted octanol–water partition coefficient (Wildman–Crippen LogP) is 3.23. The van der Waals surface area contributed by atoms with E-state index in [-0.39, 0.29) is 24.7 Å². The Morgan fingerprint density at radius 2 is 1.70 bits per heavy atom. The van der Waals surface area contributed by atoms with E-state index in [1.54, 1.807) is 67.1 Å². The number of hydrogen-bond donors (Lipinski definition) is 1. The minimum absolute atomic E-state index is 0.00999. The summed E-state index contributed by atoms with van der Waals surface area (Å²) in [5.74, 6) is 0.0724. The zero-order valence-electron chi connectivity index (χ0n) is 18.4. The Morgan fingerprint density at radius 3 is 2.45 bits per heavy atom. The molecule has 0 saturated heterocycles. The molecule has 1 amide bonds. The highest BCUT2D eigenvalue weighted by atomic mass is 16.6. The van der Waals surface area contributed by atoms with Crippen molar-refractivity contribution in [2.45, 2.75) is 20.3 Å². The predicted molar refractivity (Wildman–Crippen MR) is 120 cm³/mol. The summed E-state index contributed by atoms with van der Waals surface area (Å²) in [6.07, 6.45) is 0.00999. The van der Waals surface area contributed by atoms with Crippen molar-refractivity contribution in [2.24, 2.45) is 0 Å². The Balaban J connectivity index is 1.36. The molecule has 0 bridgehead atoms. The Bertz CT molecular complexity index is 1200. The van der Waals surface area contributed by atoms with Gasteiger partial charge in [-0.2, -0.15) is 0 Å². The fourth-order valence-corrected chi connectivity index (χ4v) is 3.61. The third kappa shape index (κ3) is 5.06. The smallest absolute Gasteiger partial charge is 0.310 e. The standard InChI is InChI=1S/C25H24N2O6/c1-16-12-20(17(2)27(16)26-25(30)19-6-4-3-5-7-19)21(28)15-33-24(29)14-18-8-9-22-23(13-18)32-11-10-31-22/h3-9,12-13H,10-11,14-15H2,1-2H3,(H,26,30). The largest absolute Gasteiger partial charge is 0.486 e. The minimum atomic E-state index is -0.522. The molecule has 8 heteroatoms. The van der Waals surface area contributed by atoms with E-state index in [9.17, 15) is 14.4 Å². The van der Waals surface area contributed by atoms with E-state index in [0.717, 1.165) is 0 Å². The van der Waals surface area contributed by atoms with E-state index in [0.29, 0.717) is 52.8 Å². The normalized spacial score (nSPS) is 12.2. The number of Topliss-reactive ketones (excluding diaryl/α,β-unsaturated/α-hetero) is 1. The number of hydrogen-bond acceptors (Lipinski definition) is 6. The van der Waals surface area contributed by atoms with Gasteiger partial charge in [0.05, 0.1) is 6.42 Å². The lowest BCUT2D eigenvalue weighted by molar-refractivity contribution is -0.141. The molecule has 1 aliphatic heterocycles. The van der Waals surface area contributed by atoms with Gasteiger partial charge in [0.2, 0.25) is 5.78 Å². The van der Waals surface area contributed by atoms with Gasteiger partial charge < -0.3 is 14.2 Å². The number of amides is 1. The molecule has 33 heavy (non-hydrogen) atoms. The Morgan fingerprint density at radius 1 is 0.970 bits per heavy atom. The number of benzene rings is 2. The SMILES string of the molecule is Cc1cc(C(=O)COC(=O)Cc2ccc3c(c2)OCCO3)c(C)n1NC(=O)c1ccccc1. The minimum Gasteiger partial charge on any atom is -0.486 e. The van der Waals surface area contributed by atoms with Gasteiger partial charge in [0.1, 0.15) is 13.2 Å². The summed E-state index contributed by atoms with van der Waals surface area (Å²) in [7, 11) is 0. The molecule has 0 radical (unpaired) electrons. The van der Waals surface area contributed by atoms with Crippen LogP contribution in [0.15, 0.2) is 54.6 Å². The topological polar surface area (TPSA) is 95.9 Å². The number of esters is 1. The maximum atomic E-state index is 12.7. The van der Waals surface area contributed by atoms with Crippen LogP contribution in [0.4, 0.5) is 0 Å². The number of nitrogens with one attached hydrogen (secondary N) is 1. The molecule has 170 valence electrons. The molecule has 0 aliphatic carbocycles. The third-order valence-corrected chi connectivity index (χ3v) is 5.30. The van der Waals surface area contributed by atoms with Gasteiger partial charge in [0.15, 0.2) is 18.1 Å². The maximum Gasteiger partial charge on any atom is 0.310 e. The van der Waals surface area contributed by atoms with Crippen molar-refractivity contribution in [2.75, 3.05) is 25.2 Å². The highest BCUT2D eigenvalue weighted by Crippen LogP contribution is 2.30. The highest BCUT2D eigenvalue weighted by Gasteiger charge is 2.19. The zero-order valence-corrected chi connectivity index (χ0v) is 18.4. The van der Waals surface area contributed by atoms with Crippen molar-refractivity contribution in [3.8, 4) is 11.5 Å². The second-order valence-corrected chi connectivity index (χ2v) is 7.67. The number of nitrogens with zero attached hydrogens (tertiary/aromatic N) is 1. The molecule has 3 aromatic rings. The van der Waals surface area contributed by atoms with Crippen LogP contribution in [0.2, 0.25) is 0 Å². The first-order chi connectivity index (χ1) is 15.9. The molecule has 1 N–H and O–H groups in total. The molecular formula is C25H24N2O6. The molecule has 4 rings (SSSR count). The van der Waals surface area contributed by atoms with Gasteiger partial charge in [-0.25, -0.2) is 0 Å². The number of fused-ring (bicyclic) bond motifs is 1. The van der Waals surface area contributed by atoms with Crippen LogP contribution in [0.5, 0.6) is 11.5 Å². The summed E-state index contributed by atoms with van der Waals surface area (Å²) in [4.78, 5) is 37.4. The van der Waals surface area contributed by atoms with Crippen LogP contribution in [-0.4, -0.2) is 42.2 Å². The molecule has 0 atom stereocenters. The van der Waals surface area contributed by atoms with E-state index in [1.807, 2.05) is 6.07 Å². The Labute approximate surface area is 191 Å². The van der Waals surface area contributed by atoms with E-state index < -0.39 is 5.97 Å². The van der Waals surface area contributed by atoms with E-state index >= 15 is 0 Å². The number of ether oxygens (including phenoxy) is 3. The Kier molecular flexibility index (Phi) is 6.44. The number of rotatable bonds is 7. The number of ketones is 1. The first-order valence-electron chi connectivity index (χ1n) is 10.5. The van der Waals surface area contributed by atoms with Crippen LogP contribution < -0.4 is 14.9 Å². The summed E-state index contributed by atoms with van der Waals surface area (Å²) in [6.45, 7) is 4.07. The molecule has 0 saturated carbocycles. The van der Waals surface area contributed by atoms with Gasteiger partial charge in [0, 0.05) is 22.5 Å². The van der Waals surface area contributed by atoms with Crippen LogP contribution in [0.25, 0.3) is 0 Å². The molecular weight excluding hydrogens is 424 g/mol. The molecule has 0 spiro atoms. The van der Waals surface area contributed by atoms with Gasteiger partial charge in [-0.1, -0.05) is 24.3 Å². The van der Waals surface area contributed by atoms with E-state index in [2.05, 4.69) is 5.43 Å². The summed E-state index contributed by atoms with van der Waals surface area (Å²) in [5.41, 5.74) is 5.63. The molecule has 1 aromatic heterocycles. The van der Waals surface area contributed by atoms with Crippen molar-refractivity contribution in [3.05, 3.63) is 82.7 Å². The monoisotopic (exact) mass is 448 g/mol. The Hall–Kier alpha value is -4.07. The second kappa shape index (κ2) is 9.60. The second-order valence-electron chi connectivity index (χ2n) is 7.67. The molecule has 0 fully saturated rings. The summed E-state index contributed by atoms with van der Waals surface area (Å²) in [5, 5.41) is 0. The van der Waals surface area contributed by atoms with Crippen molar-refractivity contribution >= 4 is 17.7 Å². The molecule has 8 nitrogen and oxygen atoms in total. The first kappa shape index (κ1) is 22.1.